The van der Waals surface area contributed by atoms with Crippen LogP contribution in [0.25, 0.3) is 16.8 Å². The molecule has 4 rings (SSSR count). The van der Waals surface area contributed by atoms with Gasteiger partial charge in [0.1, 0.15) is 0 Å². The molecule has 2 aromatic carbocycles. The van der Waals surface area contributed by atoms with Gasteiger partial charge in [-0.15, -0.1) is 0 Å². The minimum Gasteiger partial charge on any atom is -0.267 e. The number of halogens is 1. The average Bonchev–Trinajstić information content (AvgIpc) is 2.75. The van der Waals surface area contributed by atoms with Crippen molar-refractivity contribution in [3.63, 3.8) is 0 Å². The molecule has 3 aromatic rings. The number of hydrogen-bond donors (Lipinski definition) is 0. The molecule has 1 fully saturated rings. The van der Waals surface area contributed by atoms with Crippen molar-refractivity contribution in [2.24, 2.45) is 5.92 Å². The van der Waals surface area contributed by atoms with Crippen molar-refractivity contribution < 1.29 is 8.42 Å². The Bertz CT molecular complexity index is 1240. The Morgan fingerprint density at radius 1 is 1.06 bits per heavy atom. The van der Waals surface area contributed by atoms with Gasteiger partial charge in [-0.25, -0.2) is 8.42 Å². The summed E-state index contributed by atoms with van der Waals surface area (Å²) in [6, 6.07) is 13.8. The minimum absolute atomic E-state index is 0.155. The summed E-state index contributed by atoms with van der Waals surface area (Å²) >= 11 is 6.13. The van der Waals surface area contributed by atoms with Gasteiger partial charge >= 0.3 is 0 Å². The lowest BCUT2D eigenvalue weighted by atomic mass is 9.83. The molecule has 1 aliphatic rings. The second kappa shape index (κ2) is 8.97. The monoisotopic (exact) mass is 456 g/mol. The number of hydrogen-bond acceptors (Lipinski definition) is 4. The third kappa shape index (κ3) is 4.91. The lowest BCUT2D eigenvalue weighted by Crippen LogP contribution is -2.27. The normalized spacial score (nSPS) is 15.2. The van der Waals surface area contributed by atoms with Crippen molar-refractivity contribution in [3.05, 3.63) is 75.7 Å². The van der Waals surface area contributed by atoms with Crippen molar-refractivity contribution in [1.29, 1.82) is 0 Å². The second-order valence-corrected chi connectivity index (χ2v) is 10.7. The van der Waals surface area contributed by atoms with Crippen LogP contribution in [0.5, 0.6) is 0 Å². The molecule has 1 aliphatic carbocycles. The van der Waals surface area contributed by atoms with Gasteiger partial charge in [-0.3, -0.25) is 4.79 Å². The highest BCUT2D eigenvalue weighted by Crippen LogP contribution is 2.30. The van der Waals surface area contributed by atoms with E-state index in [9.17, 15) is 13.2 Å². The summed E-state index contributed by atoms with van der Waals surface area (Å²) in [7, 11) is -3.28. The van der Waals surface area contributed by atoms with Gasteiger partial charge in [-0.05, 0) is 48.2 Å². The summed E-state index contributed by atoms with van der Waals surface area (Å²) in [6.07, 6.45) is 9.44. The van der Waals surface area contributed by atoms with Crippen LogP contribution < -0.4 is 5.56 Å². The van der Waals surface area contributed by atoms with Crippen LogP contribution in [0.1, 0.15) is 37.7 Å². The third-order valence-electron chi connectivity index (χ3n) is 5.94. The Kier molecular flexibility index (Phi) is 6.30. The number of benzene rings is 2. The summed E-state index contributed by atoms with van der Waals surface area (Å²) in [6.45, 7) is 0. The molecule has 0 radical (unpaired) electrons. The van der Waals surface area contributed by atoms with Crippen molar-refractivity contribution >= 4 is 21.4 Å². The van der Waals surface area contributed by atoms with E-state index >= 15 is 0 Å². The molecule has 5 nitrogen and oxygen atoms in total. The third-order valence-corrected chi connectivity index (χ3v) is 7.31. The van der Waals surface area contributed by atoms with E-state index in [-0.39, 0.29) is 10.5 Å². The number of nitrogens with zero attached hydrogens (tertiary/aromatic N) is 2. The molecule has 162 valence electrons. The van der Waals surface area contributed by atoms with E-state index in [1.165, 1.54) is 30.2 Å². The molecule has 0 spiro atoms. The summed E-state index contributed by atoms with van der Waals surface area (Å²) < 4.78 is 25.0. The molecule has 0 bridgehead atoms. The van der Waals surface area contributed by atoms with Gasteiger partial charge in [-0.2, -0.15) is 9.78 Å². The summed E-state index contributed by atoms with van der Waals surface area (Å²) in [4.78, 5) is 13.8. The maximum absolute atomic E-state index is 13.5. The zero-order valence-electron chi connectivity index (χ0n) is 17.4. The Hall–Kier alpha value is -2.44. The molecule has 0 aliphatic heterocycles. The molecule has 0 saturated heterocycles. The molecule has 0 amide bonds. The first-order chi connectivity index (χ1) is 14.8. The largest absolute Gasteiger partial charge is 0.275 e. The van der Waals surface area contributed by atoms with E-state index < -0.39 is 9.84 Å². The van der Waals surface area contributed by atoms with Crippen LogP contribution in [0.3, 0.4) is 0 Å². The smallest absolute Gasteiger partial charge is 0.267 e. The van der Waals surface area contributed by atoms with Crippen LogP contribution in [0.2, 0.25) is 5.02 Å². The van der Waals surface area contributed by atoms with E-state index in [0.717, 1.165) is 24.0 Å². The fourth-order valence-corrected chi connectivity index (χ4v) is 5.10. The van der Waals surface area contributed by atoms with Gasteiger partial charge < -0.3 is 0 Å². The van der Waals surface area contributed by atoms with Crippen molar-refractivity contribution in [2.45, 2.75) is 43.4 Å². The van der Waals surface area contributed by atoms with E-state index in [2.05, 4.69) is 5.10 Å². The second-order valence-electron chi connectivity index (χ2n) is 8.24. The van der Waals surface area contributed by atoms with Crippen molar-refractivity contribution in [1.82, 2.24) is 9.78 Å². The molecular weight excluding hydrogens is 432 g/mol. The topological polar surface area (TPSA) is 69.0 Å². The molecule has 7 heteroatoms. The van der Waals surface area contributed by atoms with Crippen LogP contribution in [-0.4, -0.2) is 24.5 Å². The molecule has 0 unspecified atom stereocenters. The first-order valence-corrected chi connectivity index (χ1v) is 12.8. The maximum Gasteiger partial charge on any atom is 0.275 e. The zero-order valence-corrected chi connectivity index (χ0v) is 19.0. The first kappa shape index (κ1) is 21.8. The highest BCUT2D eigenvalue weighted by molar-refractivity contribution is 7.90. The van der Waals surface area contributed by atoms with Gasteiger partial charge in [0, 0.05) is 22.4 Å². The molecule has 1 heterocycles. The predicted octanol–water partition coefficient (Wildman–Crippen LogP) is 5.08. The van der Waals surface area contributed by atoms with Gasteiger partial charge in [0.15, 0.2) is 9.84 Å². The SMILES string of the molecule is CS(=O)(=O)c1ccc(-c2cnn(-c3cccc(Cl)c3)c(=O)c2CC2CCCCC2)cc1. The van der Waals surface area contributed by atoms with Crippen molar-refractivity contribution in [3.8, 4) is 16.8 Å². The fourth-order valence-electron chi connectivity index (χ4n) is 4.29. The first-order valence-electron chi connectivity index (χ1n) is 10.5. The van der Waals surface area contributed by atoms with Gasteiger partial charge in [0.25, 0.3) is 5.56 Å². The maximum atomic E-state index is 13.5. The Labute approximate surface area is 187 Å². The Morgan fingerprint density at radius 2 is 1.77 bits per heavy atom. The Balaban J connectivity index is 1.82. The van der Waals surface area contributed by atoms with Gasteiger partial charge in [0.05, 0.1) is 16.8 Å². The van der Waals surface area contributed by atoms with Gasteiger partial charge in [0.2, 0.25) is 0 Å². The van der Waals surface area contributed by atoms with Crippen molar-refractivity contribution in [2.75, 3.05) is 6.26 Å². The number of aromatic nitrogens is 2. The lowest BCUT2D eigenvalue weighted by Gasteiger charge is -2.22. The van der Waals surface area contributed by atoms with E-state index in [1.807, 2.05) is 6.07 Å². The fraction of sp³-hybridized carbons (Fsp3) is 0.333. The minimum atomic E-state index is -3.28. The highest BCUT2D eigenvalue weighted by Gasteiger charge is 2.21. The van der Waals surface area contributed by atoms with Crippen LogP contribution in [0.4, 0.5) is 0 Å². The van der Waals surface area contributed by atoms with Crippen LogP contribution in [0, 0.1) is 5.92 Å². The predicted molar refractivity (Wildman–Crippen MR) is 124 cm³/mol. The average molecular weight is 457 g/mol. The molecule has 0 N–H and O–H groups in total. The summed E-state index contributed by atoms with van der Waals surface area (Å²) in [5, 5.41) is 4.96. The quantitative estimate of drug-likeness (QED) is 0.536. The Morgan fingerprint density at radius 3 is 2.42 bits per heavy atom. The summed E-state index contributed by atoms with van der Waals surface area (Å²) in [5.74, 6) is 0.464. The lowest BCUT2D eigenvalue weighted by molar-refractivity contribution is 0.355. The zero-order chi connectivity index (χ0) is 22.0. The molecule has 31 heavy (non-hydrogen) atoms. The molecule has 1 saturated carbocycles. The molecular formula is C24H25ClN2O3S. The molecule has 1 aromatic heterocycles. The number of sulfone groups is 1. The van der Waals surface area contributed by atoms with E-state index in [0.29, 0.717) is 28.6 Å². The summed E-state index contributed by atoms with van der Waals surface area (Å²) in [5.41, 5.74) is 2.74. The van der Waals surface area contributed by atoms with E-state index in [4.69, 9.17) is 11.6 Å². The molecule has 0 atom stereocenters. The highest BCUT2D eigenvalue weighted by atomic mass is 35.5. The van der Waals surface area contributed by atoms with Gasteiger partial charge in [-0.1, -0.05) is 61.9 Å². The number of rotatable bonds is 5. The standard InChI is InChI=1S/C24H25ClN2O3S/c1-31(29,30)21-12-10-18(11-13-21)23-16-26-27(20-9-5-8-19(25)15-20)24(28)22(23)14-17-6-3-2-4-7-17/h5,8-13,15-17H,2-4,6-7,14H2,1H3. The van der Waals surface area contributed by atoms with Crippen LogP contribution in [0.15, 0.2) is 64.4 Å². The van der Waals surface area contributed by atoms with Crippen LogP contribution >= 0.6 is 11.6 Å². The van der Waals surface area contributed by atoms with Crippen LogP contribution in [-0.2, 0) is 16.3 Å². The van der Waals surface area contributed by atoms with E-state index in [1.54, 1.807) is 48.7 Å².